The van der Waals surface area contributed by atoms with Gasteiger partial charge in [0.25, 0.3) is 0 Å². The van der Waals surface area contributed by atoms with Crippen LogP contribution in [0.5, 0.6) is 0 Å². The van der Waals surface area contributed by atoms with E-state index in [1.165, 1.54) is 44.9 Å². The highest BCUT2D eigenvalue weighted by Gasteiger charge is 2.48. The second-order valence-electron chi connectivity index (χ2n) is 7.47. The largest absolute Gasteiger partial charge is 0.351 e. The Balaban J connectivity index is 1.41. The Morgan fingerprint density at radius 2 is 1.63 bits per heavy atom. The van der Waals surface area contributed by atoms with Crippen LogP contribution in [0.3, 0.4) is 0 Å². The number of hydrogen-bond donors (Lipinski definition) is 2. The lowest BCUT2D eigenvalue weighted by atomic mass is 9.54. The highest BCUT2D eigenvalue weighted by atomic mass is 16.2. The van der Waals surface area contributed by atoms with Crippen LogP contribution in [0.1, 0.15) is 51.4 Å². The van der Waals surface area contributed by atoms with E-state index in [-0.39, 0.29) is 11.9 Å². The summed E-state index contributed by atoms with van der Waals surface area (Å²) in [5.41, 5.74) is 0. The molecule has 0 aromatic rings. The first-order chi connectivity index (χ1) is 9.29. The summed E-state index contributed by atoms with van der Waals surface area (Å²) in [5.74, 6) is 3.86. The first-order valence-corrected chi connectivity index (χ1v) is 8.33. The van der Waals surface area contributed by atoms with E-state index in [4.69, 9.17) is 0 Å². The average molecular weight is 262 g/mol. The molecule has 1 atom stereocenters. The van der Waals surface area contributed by atoms with Crippen molar-refractivity contribution in [3.63, 3.8) is 0 Å². The van der Waals surface area contributed by atoms with E-state index in [1.807, 2.05) is 0 Å². The van der Waals surface area contributed by atoms with Gasteiger partial charge in [0.05, 0.1) is 6.04 Å². The Bertz CT molecular complexity index is 334. The summed E-state index contributed by atoms with van der Waals surface area (Å²) in [4.78, 5) is 12.4. The van der Waals surface area contributed by atoms with Gasteiger partial charge in [-0.2, -0.15) is 0 Å². The van der Waals surface area contributed by atoms with Crippen molar-refractivity contribution in [2.45, 2.75) is 63.5 Å². The Labute approximate surface area is 115 Å². The Hall–Kier alpha value is -0.570. The van der Waals surface area contributed by atoms with Crippen molar-refractivity contribution in [3.05, 3.63) is 0 Å². The monoisotopic (exact) mass is 262 g/mol. The number of nitrogens with one attached hydrogen (secondary N) is 2. The van der Waals surface area contributed by atoms with Crippen LogP contribution in [0, 0.1) is 23.7 Å². The lowest BCUT2D eigenvalue weighted by Gasteiger charge is -2.54. The van der Waals surface area contributed by atoms with Crippen LogP contribution in [-0.2, 0) is 4.79 Å². The minimum atomic E-state index is 0.0888. The molecular weight excluding hydrogens is 236 g/mol. The summed E-state index contributed by atoms with van der Waals surface area (Å²) < 4.78 is 0. The smallest absolute Gasteiger partial charge is 0.237 e. The topological polar surface area (TPSA) is 41.1 Å². The van der Waals surface area contributed by atoms with Crippen LogP contribution in [0.2, 0.25) is 0 Å². The predicted octanol–water partition coefficient (Wildman–Crippen LogP) is 2.07. The predicted molar refractivity (Wildman–Crippen MR) is 74.6 cm³/mol. The van der Waals surface area contributed by atoms with Crippen molar-refractivity contribution >= 4 is 5.91 Å². The van der Waals surface area contributed by atoms with Gasteiger partial charge in [0.15, 0.2) is 0 Å². The van der Waals surface area contributed by atoms with E-state index < -0.39 is 0 Å². The normalized spacial score (nSPS) is 48.2. The lowest BCUT2D eigenvalue weighted by molar-refractivity contribution is -0.127. The van der Waals surface area contributed by atoms with Crippen molar-refractivity contribution in [3.8, 4) is 0 Å². The third-order valence-electron chi connectivity index (χ3n) is 6.16. The molecule has 0 aromatic heterocycles. The fourth-order valence-electron chi connectivity index (χ4n) is 5.50. The molecule has 4 bridgehead atoms. The number of amides is 1. The summed E-state index contributed by atoms with van der Waals surface area (Å²) in [7, 11) is 0. The summed E-state index contributed by atoms with van der Waals surface area (Å²) >= 11 is 0. The zero-order valence-corrected chi connectivity index (χ0v) is 11.7. The molecule has 19 heavy (non-hydrogen) atoms. The number of carbonyl (C=O) groups is 1. The fraction of sp³-hybridized carbons (Fsp3) is 0.938. The van der Waals surface area contributed by atoms with E-state index in [9.17, 15) is 4.79 Å². The van der Waals surface area contributed by atoms with Crippen LogP contribution in [0.4, 0.5) is 0 Å². The molecule has 1 aliphatic heterocycles. The van der Waals surface area contributed by atoms with Crippen molar-refractivity contribution in [2.75, 3.05) is 6.54 Å². The van der Waals surface area contributed by atoms with Crippen molar-refractivity contribution < 1.29 is 4.79 Å². The molecule has 4 saturated carbocycles. The molecule has 1 amide bonds. The van der Waals surface area contributed by atoms with Crippen LogP contribution in [0.15, 0.2) is 0 Å². The molecule has 4 aliphatic carbocycles. The van der Waals surface area contributed by atoms with Crippen LogP contribution >= 0.6 is 0 Å². The number of hydrogen-bond acceptors (Lipinski definition) is 2. The molecule has 0 unspecified atom stereocenters. The maximum Gasteiger partial charge on any atom is 0.237 e. The summed E-state index contributed by atoms with van der Waals surface area (Å²) in [6.45, 7) is 1.01. The molecule has 0 spiro atoms. The van der Waals surface area contributed by atoms with Crippen LogP contribution < -0.4 is 10.6 Å². The standard InChI is InChI=1S/C16H26N2O/c19-16(14-3-1-2-4-17-14)18-15-12-6-10-5-11(8-12)9-13(15)7-10/h10-15,17H,1-9H2,(H,18,19)/t10?,11?,12?,13?,14-,15?/m0/s1. The van der Waals surface area contributed by atoms with Gasteiger partial charge in [0.1, 0.15) is 0 Å². The number of piperidine rings is 1. The number of rotatable bonds is 2. The molecule has 3 nitrogen and oxygen atoms in total. The molecule has 0 aromatic carbocycles. The Morgan fingerprint density at radius 1 is 0.947 bits per heavy atom. The second-order valence-corrected chi connectivity index (χ2v) is 7.47. The van der Waals surface area contributed by atoms with Gasteiger partial charge in [-0.1, -0.05) is 6.42 Å². The minimum absolute atomic E-state index is 0.0888. The van der Waals surface area contributed by atoms with Gasteiger partial charge >= 0.3 is 0 Å². The highest BCUT2D eigenvalue weighted by Crippen LogP contribution is 2.53. The molecule has 106 valence electrons. The van der Waals surface area contributed by atoms with Crippen molar-refractivity contribution in [1.82, 2.24) is 10.6 Å². The minimum Gasteiger partial charge on any atom is -0.351 e. The van der Waals surface area contributed by atoms with E-state index in [0.29, 0.717) is 6.04 Å². The Kier molecular flexibility index (Phi) is 3.06. The van der Waals surface area contributed by atoms with E-state index >= 15 is 0 Å². The molecule has 2 N–H and O–H groups in total. The molecule has 5 fully saturated rings. The van der Waals surface area contributed by atoms with Gasteiger partial charge in [-0.25, -0.2) is 0 Å². The highest BCUT2D eigenvalue weighted by molar-refractivity contribution is 5.82. The molecule has 0 radical (unpaired) electrons. The first kappa shape index (κ1) is 12.2. The number of carbonyl (C=O) groups excluding carboxylic acids is 1. The van der Waals surface area contributed by atoms with Crippen LogP contribution in [-0.4, -0.2) is 24.5 Å². The van der Waals surface area contributed by atoms with E-state index in [1.54, 1.807) is 0 Å². The third-order valence-corrected chi connectivity index (χ3v) is 6.16. The fourth-order valence-corrected chi connectivity index (χ4v) is 5.50. The van der Waals surface area contributed by atoms with Gasteiger partial charge in [-0.05, 0) is 75.2 Å². The van der Waals surface area contributed by atoms with E-state index in [0.717, 1.165) is 36.6 Å². The van der Waals surface area contributed by atoms with Gasteiger partial charge in [-0.3, -0.25) is 4.79 Å². The van der Waals surface area contributed by atoms with Crippen molar-refractivity contribution in [2.24, 2.45) is 23.7 Å². The second kappa shape index (κ2) is 4.76. The summed E-state index contributed by atoms with van der Waals surface area (Å²) in [6, 6.07) is 0.593. The maximum absolute atomic E-state index is 12.4. The summed E-state index contributed by atoms with van der Waals surface area (Å²) in [6.07, 6.45) is 10.5. The van der Waals surface area contributed by atoms with Crippen LogP contribution in [0.25, 0.3) is 0 Å². The Morgan fingerprint density at radius 3 is 2.21 bits per heavy atom. The van der Waals surface area contributed by atoms with Crippen molar-refractivity contribution in [1.29, 1.82) is 0 Å². The average Bonchev–Trinajstić information content (AvgIpc) is 2.43. The van der Waals surface area contributed by atoms with Gasteiger partial charge in [0.2, 0.25) is 5.91 Å². The SMILES string of the molecule is O=C(NC1C2CC3CC(C2)CC1C3)[C@@H]1CCCCN1. The molecule has 1 saturated heterocycles. The molecule has 5 rings (SSSR count). The van der Waals surface area contributed by atoms with Gasteiger partial charge < -0.3 is 10.6 Å². The zero-order valence-electron chi connectivity index (χ0n) is 11.7. The van der Waals surface area contributed by atoms with E-state index in [2.05, 4.69) is 10.6 Å². The quantitative estimate of drug-likeness (QED) is 0.800. The molecule has 5 aliphatic rings. The molecule has 3 heteroatoms. The molecular formula is C16H26N2O. The third kappa shape index (κ3) is 2.20. The maximum atomic E-state index is 12.4. The summed E-state index contributed by atoms with van der Waals surface area (Å²) in [5, 5.41) is 6.81. The zero-order chi connectivity index (χ0) is 12.8. The lowest BCUT2D eigenvalue weighted by Crippen LogP contribution is -2.59. The molecule has 1 heterocycles. The van der Waals surface area contributed by atoms with Gasteiger partial charge in [0, 0.05) is 6.04 Å². The van der Waals surface area contributed by atoms with Gasteiger partial charge in [-0.15, -0.1) is 0 Å². The first-order valence-electron chi connectivity index (χ1n) is 8.33.